The monoisotopic (exact) mass is 1970 g/mol. The van der Waals surface area contributed by atoms with Crippen molar-refractivity contribution in [2.45, 2.75) is 256 Å². The smallest absolute Gasteiger partial charge is 0.349 e. The lowest BCUT2D eigenvalue weighted by Crippen LogP contribution is -2.59. The molecular formula is C88H170ClN5O40. The average molecular weight is 1970 g/mol. The molecule has 0 saturated carbocycles. The van der Waals surface area contributed by atoms with Gasteiger partial charge in [0.05, 0.1) is 115 Å². The first-order valence-electron chi connectivity index (χ1n) is 43.3. The number of carbonyl (C=O) groups is 14. The lowest BCUT2D eigenvalue weighted by molar-refractivity contribution is -0.206. The number of nitrogens with one attached hydrogen (secondary N) is 4. The van der Waals surface area contributed by atoms with E-state index in [1.165, 1.54) is 21.1 Å². The van der Waals surface area contributed by atoms with Crippen molar-refractivity contribution < 1.29 is 194 Å². The van der Waals surface area contributed by atoms with Gasteiger partial charge in [-0.1, -0.05) is 103 Å². The number of amides is 4. The summed E-state index contributed by atoms with van der Waals surface area (Å²) >= 11 is 5.44. The second-order valence-electron chi connectivity index (χ2n) is 31.7. The van der Waals surface area contributed by atoms with Gasteiger partial charge in [-0.15, -0.1) is 18.2 Å². The van der Waals surface area contributed by atoms with Crippen molar-refractivity contribution in [3.05, 3.63) is 12.7 Å². The maximum Gasteiger partial charge on any atom is 0.349 e. The number of aliphatic hydroxyl groups is 3. The molecule has 0 aromatic heterocycles. The molecule has 0 aromatic rings. The van der Waals surface area contributed by atoms with E-state index in [0.29, 0.717) is 84.4 Å². The summed E-state index contributed by atoms with van der Waals surface area (Å²) in [7, 11) is 16.0. The lowest BCUT2D eigenvalue weighted by atomic mass is 9.87. The van der Waals surface area contributed by atoms with Crippen LogP contribution in [0.15, 0.2) is 12.7 Å². The number of methoxy groups -OCH3 is 10. The molecular weight excluding hydrogens is 1800 g/mol. The van der Waals surface area contributed by atoms with Gasteiger partial charge in [-0.25, -0.2) is 14.4 Å². The summed E-state index contributed by atoms with van der Waals surface area (Å²) in [5, 5.41) is 106. The van der Waals surface area contributed by atoms with Gasteiger partial charge in [0.2, 0.25) is 29.2 Å². The normalized spacial score (nSPS) is 12.8. The van der Waals surface area contributed by atoms with E-state index in [0.717, 1.165) is 26.1 Å². The minimum atomic E-state index is -2.70. The maximum atomic E-state index is 11.8. The molecule has 15 N–H and O–H groups in total. The van der Waals surface area contributed by atoms with Gasteiger partial charge in [0.1, 0.15) is 36.4 Å². The molecule has 134 heavy (non-hydrogen) atoms. The fraction of sp³-hybridized carbons (Fsp3) is 0.818. The van der Waals surface area contributed by atoms with E-state index in [2.05, 4.69) is 60.8 Å². The fourth-order valence-electron chi connectivity index (χ4n) is 8.26. The molecule has 0 aliphatic rings. The number of nitrogens with zero attached hydrogens (tertiary/aromatic N) is 1. The zero-order valence-corrected chi connectivity index (χ0v) is 85.6. The van der Waals surface area contributed by atoms with Gasteiger partial charge in [-0.05, 0) is 86.2 Å². The SMILES string of the molecule is C=CCOCC(COC)OC.CCC(C)(C)C(=O)NC(CC(=O)O)C(=O)O.CCC(C)(C)C(=O)NC(CO)(CO)CO.CCC(C)(C)C(=O)NCC(=O)O.CCC(C)(C)C(=O)OCCCC(=O)OC(CC(=O)O)(CC(=O)O)C(=O)O.CCC(C)C(=O)NC(C)C(=O)O.CCN(CC)CC(COC)OC.CCOC(OCC)C(COC)OC.COCC(CCl)OC.COCC(OC)C(=O)O. The molecule has 0 bridgehead atoms. The first kappa shape index (κ1) is 146. The van der Waals surface area contributed by atoms with Gasteiger partial charge in [0.25, 0.3) is 0 Å². The van der Waals surface area contributed by atoms with Crippen molar-refractivity contribution in [3.63, 3.8) is 0 Å². The number of rotatable bonds is 62. The van der Waals surface area contributed by atoms with E-state index >= 15 is 0 Å². The number of esters is 2. The number of carboxylic acid groups (broad SMARTS) is 8. The van der Waals surface area contributed by atoms with Crippen LogP contribution in [0.2, 0.25) is 0 Å². The molecule has 4 amide bonds. The van der Waals surface area contributed by atoms with Crippen LogP contribution in [-0.2, 0) is 138 Å². The highest BCUT2D eigenvalue weighted by Crippen LogP contribution is 2.26. The number of carbonyl (C=O) groups excluding carboxylic acids is 6. The van der Waals surface area contributed by atoms with Crippen molar-refractivity contribution in [1.82, 2.24) is 26.2 Å². The molecule has 794 valence electrons. The Morgan fingerprint density at radius 2 is 0.918 bits per heavy atom. The van der Waals surface area contributed by atoms with Gasteiger partial charge in [-0.2, -0.15) is 0 Å². The standard InChI is InChI=1S/C16H24O10.C10H17NO5.C10H21NO4.C9H21NO2.C9H20O4.2C8H15NO3.C8H16O3.C5H11ClO2.C5H10O4/c1-4-15(2,3)14(24)25-7-5-6-12(21)26-16(13(22)23,8-10(17)18)9-11(19)20;1-4-10(2,3)9(16)11-6(8(14)15)5-7(12)13;1-4-9(2,3)8(15)11-10(5-12,6-13)7-14;1-5-10(6-2)7-9(12-4)8-11-3;1-5-12-9(13-6-2)8(11-4)7-10-3;1-4-8(2,3)7(12)9-5-6(10)11;1-4-5(2)7(10)9-6(3)8(11)12;1-4-5-11-7-8(10-3)6-9-2;1-7-4-5(3-6)8-2;1-8-3-4(9-2)5(6)7/h4-9H2,1-3H3,(H,17,18)(H,19,20)(H,22,23);6H,4-5H2,1-3H3,(H,11,16)(H,12,13)(H,14,15);12-14H,4-7H2,1-3H3,(H,11,15);9H,5-8H2,1-4H3;8-9H,5-7H2,1-4H3;4-5H2,1-3H3,(H,9,12)(H,10,11);5-6H,4H2,1-3H3,(H,9,10)(H,11,12);4,8H,1,5-7H2,2-3H3;5H,3-4H2,1-2H3;4H,3H2,1-2H3,(H,6,7). The third-order valence-electron chi connectivity index (χ3n) is 19.3. The number of likely N-dealkylation sites (N-methyl/N-ethyl adjacent to an activating group) is 1. The molecule has 0 fully saturated rings. The van der Waals surface area contributed by atoms with Crippen LogP contribution in [0.3, 0.4) is 0 Å². The van der Waals surface area contributed by atoms with E-state index < -0.39 is 156 Å². The van der Waals surface area contributed by atoms with Gasteiger partial charge in [0, 0.05) is 119 Å². The highest BCUT2D eigenvalue weighted by molar-refractivity contribution is 6.18. The van der Waals surface area contributed by atoms with E-state index in [1.807, 2.05) is 41.5 Å². The summed E-state index contributed by atoms with van der Waals surface area (Å²) in [6.45, 7) is 43.9. The Balaban J connectivity index is -0.000000162. The van der Waals surface area contributed by atoms with Crippen LogP contribution in [0.25, 0.3) is 0 Å². The molecule has 0 radical (unpaired) electrons. The maximum absolute atomic E-state index is 11.8. The molecule has 0 aromatic carbocycles. The molecule has 0 aliphatic heterocycles. The van der Waals surface area contributed by atoms with Crippen LogP contribution >= 0.6 is 11.6 Å². The number of halogens is 1. The Kier molecular flexibility index (Phi) is 95.7. The van der Waals surface area contributed by atoms with Crippen LogP contribution in [-0.4, -0.2) is 393 Å². The lowest BCUT2D eigenvalue weighted by Gasteiger charge is -2.33. The van der Waals surface area contributed by atoms with Gasteiger partial charge in [-0.3, -0.25) is 52.7 Å². The van der Waals surface area contributed by atoms with E-state index in [9.17, 15) is 67.1 Å². The van der Waals surface area contributed by atoms with Crippen molar-refractivity contribution >= 4 is 94.9 Å². The Bertz CT molecular complexity index is 3090. The third-order valence-corrected chi connectivity index (χ3v) is 19.7. The summed E-state index contributed by atoms with van der Waals surface area (Å²) < 4.78 is 74.7. The molecule has 8 atom stereocenters. The number of hydrogen-bond acceptors (Lipinski definition) is 33. The van der Waals surface area contributed by atoms with E-state index in [1.54, 1.807) is 132 Å². The van der Waals surface area contributed by atoms with Crippen LogP contribution in [0.1, 0.15) is 196 Å². The van der Waals surface area contributed by atoms with Crippen LogP contribution < -0.4 is 21.3 Å². The molecule has 46 heteroatoms. The summed E-state index contributed by atoms with van der Waals surface area (Å²) in [6.07, 6.45) is 0.427. The third kappa shape index (κ3) is 78.0. The predicted octanol–water partition coefficient (Wildman–Crippen LogP) is 5.53. The van der Waals surface area contributed by atoms with Crippen molar-refractivity contribution in [1.29, 1.82) is 0 Å². The first-order chi connectivity index (χ1) is 62.3. The number of hydrogen-bond donors (Lipinski definition) is 15. The topological polar surface area (TPSA) is 651 Å². The number of carboxylic acids is 8. The van der Waals surface area contributed by atoms with Crippen molar-refractivity contribution in [2.75, 3.05) is 189 Å². The Morgan fingerprint density at radius 1 is 0.485 bits per heavy atom. The highest BCUT2D eigenvalue weighted by Gasteiger charge is 2.47. The molecule has 0 aliphatic carbocycles. The fourth-order valence-corrected chi connectivity index (χ4v) is 8.48. The van der Waals surface area contributed by atoms with E-state index in [4.69, 9.17) is 125 Å². The second kappa shape index (κ2) is 87.7. The quantitative estimate of drug-likeness (QED) is 0.0117. The van der Waals surface area contributed by atoms with Crippen LogP contribution in [0, 0.1) is 27.6 Å². The Morgan fingerprint density at radius 3 is 1.23 bits per heavy atom. The molecule has 8 unspecified atom stereocenters. The number of ether oxygens (including phenoxy) is 15. The van der Waals surface area contributed by atoms with Gasteiger partial charge < -0.3 is 153 Å². The molecule has 45 nitrogen and oxygen atoms in total. The Labute approximate surface area is 797 Å². The molecule has 0 spiro atoms. The predicted molar refractivity (Wildman–Crippen MR) is 494 cm³/mol. The minimum Gasteiger partial charge on any atom is -0.481 e. The number of aliphatic hydroxyl groups excluding tert-OH is 3. The summed E-state index contributed by atoms with van der Waals surface area (Å²) in [4.78, 5) is 156. The van der Waals surface area contributed by atoms with Crippen molar-refractivity contribution in [3.8, 4) is 0 Å². The van der Waals surface area contributed by atoms with Gasteiger partial charge >= 0.3 is 59.7 Å². The summed E-state index contributed by atoms with van der Waals surface area (Å²) in [5.74, 6) is -13.1. The van der Waals surface area contributed by atoms with Gasteiger partial charge in [0.15, 0.2) is 12.4 Å². The number of aliphatic carboxylic acids is 8. The number of alkyl halides is 1. The zero-order valence-electron chi connectivity index (χ0n) is 84.9. The highest BCUT2D eigenvalue weighted by atomic mass is 35.5. The summed E-state index contributed by atoms with van der Waals surface area (Å²) in [6, 6.07) is -2.18. The zero-order chi connectivity index (χ0) is 107. The average Bonchev–Trinajstić information content (AvgIpc) is 0.818. The summed E-state index contributed by atoms with van der Waals surface area (Å²) in [5.41, 5.74) is -6.46. The van der Waals surface area contributed by atoms with Crippen molar-refractivity contribution in [2.24, 2.45) is 27.6 Å². The van der Waals surface area contributed by atoms with E-state index in [-0.39, 0.29) is 86.9 Å². The molecule has 0 heterocycles. The minimum absolute atomic E-state index is 0.0141. The molecule has 0 saturated heterocycles. The second-order valence-corrected chi connectivity index (χ2v) is 32.0. The molecule has 0 rings (SSSR count). The van der Waals surface area contributed by atoms with Crippen LogP contribution in [0.4, 0.5) is 0 Å². The largest absolute Gasteiger partial charge is 0.481 e. The first-order valence-corrected chi connectivity index (χ1v) is 43.9. The Hall–Kier alpha value is -8.07. The van der Waals surface area contributed by atoms with Crippen LogP contribution in [0.5, 0.6) is 0 Å².